The van der Waals surface area contributed by atoms with Crippen molar-refractivity contribution in [3.63, 3.8) is 0 Å². The molecule has 2 amide bonds. The van der Waals surface area contributed by atoms with E-state index in [0.29, 0.717) is 47.6 Å². The molecular formula is C30H26ClN7O3. The van der Waals surface area contributed by atoms with Gasteiger partial charge in [0, 0.05) is 37.2 Å². The van der Waals surface area contributed by atoms with Crippen LogP contribution in [-0.2, 0) is 24.2 Å². The van der Waals surface area contributed by atoms with E-state index in [1.165, 1.54) is 0 Å². The van der Waals surface area contributed by atoms with Crippen LogP contribution in [0.5, 0.6) is 5.75 Å². The predicted molar refractivity (Wildman–Crippen MR) is 154 cm³/mol. The van der Waals surface area contributed by atoms with Crippen LogP contribution in [0.25, 0.3) is 16.7 Å². The van der Waals surface area contributed by atoms with E-state index >= 15 is 0 Å². The monoisotopic (exact) mass is 567 g/mol. The molecule has 11 heteroatoms. The maximum Gasteiger partial charge on any atom is 0.275 e. The van der Waals surface area contributed by atoms with Crippen LogP contribution in [0.4, 0.5) is 5.69 Å². The number of methoxy groups -OCH3 is 1. The number of hydrogen-bond donors (Lipinski definition) is 0. The van der Waals surface area contributed by atoms with Gasteiger partial charge in [-0.3, -0.25) is 9.59 Å². The summed E-state index contributed by atoms with van der Waals surface area (Å²) in [5, 5.41) is 10.8. The molecule has 2 aliphatic heterocycles. The fraction of sp³-hybridized carbons (Fsp3) is 0.233. The Morgan fingerprint density at radius 3 is 2.66 bits per heavy atom. The summed E-state index contributed by atoms with van der Waals surface area (Å²) in [4.78, 5) is 35.5. The Bertz CT molecular complexity index is 1830. The minimum absolute atomic E-state index is 0.177. The number of fused-ring (bicyclic) bond motifs is 1. The molecule has 0 bridgehead atoms. The number of aromatic nitrogens is 5. The molecule has 10 nitrogen and oxygen atoms in total. The van der Waals surface area contributed by atoms with E-state index in [-0.39, 0.29) is 18.2 Å². The number of carbonyl (C=O) groups is 2. The zero-order valence-electron chi connectivity index (χ0n) is 22.5. The van der Waals surface area contributed by atoms with E-state index in [1.807, 2.05) is 54.6 Å². The van der Waals surface area contributed by atoms with Gasteiger partial charge in [0.2, 0.25) is 5.91 Å². The summed E-state index contributed by atoms with van der Waals surface area (Å²) in [5.41, 5.74) is 4.28. The molecule has 0 fully saturated rings. The molecule has 0 aliphatic carbocycles. The first kappa shape index (κ1) is 25.3. The standard InChI is InChI=1S/C30H26ClN7O3/c1-35-21-10-6-11-22-25(21)20(33-38(22)28-24(41-2)12-7-14-32-28)16-23(29(35)39)36-15-13-19-26(30(36)40)34-37(27(19)31)17-18-8-4-3-5-9-18/h3-12,14,23H,13,15-17H2,1-2H3/t23-/m0/s1. The summed E-state index contributed by atoms with van der Waals surface area (Å²) >= 11 is 6.70. The zero-order chi connectivity index (χ0) is 28.2. The summed E-state index contributed by atoms with van der Waals surface area (Å²) in [5.74, 6) is 0.643. The van der Waals surface area contributed by atoms with Crippen LogP contribution in [0, 0.1) is 0 Å². The molecule has 0 saturated heterocycles. The van der Waals surface area contributed by atoms with E-state index in [4.69, 9.17) is 21.4 Å². The highest BCUT2D eigenvalue weighted by atomic mass is 35.5. The number of ether oxygens (including phenoxy) is 1. The second-order valence-corrected chi connectivity index (χ2v) is 10.5. The Hall–Kier alpha value is -4.70. The number of nitrogens with zero attached hydrogens (tertiary/aromatic N) is 7. The third-order valence-corrected chi connectivity index (χ3v) is 8.32. The smallest absolute Gasteiger partial charge is 0.275 e. The maximum absolute atomic E-state index is 13.9. The van der Waals surface area contributed by atoms with Gasteiger partial charge in [-0.05, 0) is 36.2 Å². The fourth-order valence-electron chi connectivity index (χ4n) is 5.87. The van der Waals surface area contributed by atoms with Crippen molar-refractivity contribution in [3.05, 3.63) is 94.5 Å². The molecule has 7 rings (SSSR count). The van der Waals surface area contributed by atoms with Crippen LogP contribution in [-0.4, -0.2) is 68.0 Å². The highest BCUT2D eigenvalue weighted by Gasteiger charge is 2.41. The summed E-state index contributed by atoms with van der Waals surface area (Å²) in [6.07, 6.45) is 2.44. The molecule has 0 spiro atoms. The number of halogens is 1. The summed E-state index contributed by atoms with van der Waals surface area (Å²) in [6.45, 7) is 0.799. The topological polar surface area (TPSA) is 98.4 Å². The molecule has 0 N–H and O–H groups in total. The van der Waals surface area contributed by atoms with Crippen LogP contribution < -0.4 is 9.64 Å². The van der Waals surface area contributed by atoms with Crippen molar-refractivity contribution >= 4 is 40.0 Å². The lowest BCUT2D eigenvalue weighted by molar-refractivity contribution is -0.122. The van der Waals surface area contributed by atoms with Crippen LogP contribution in [0.1, 0.15) is 27.3 Å². The minimum Gasteiger partial charge on any atom is -0.493 e. The van der Waals surface area contributed by atoms with Gasteiger partial charge < -0.3 is 14.5 Å². The van der Waals surface area contributed by atoms with Gasteiger partial charge in [0.15, 0.2) is 17.3 Å². The fourth-order valence-corrected chi connectivity index (χ4v) is 6.15. The second-order valence-electron chi connectivity index (χ2n) is 10.2. The average Bonchev–Trinajstić information content (AvgIpc) is 3.50. The van der Waals surface area contributed by atoms with E-state index in [2.05, 4.69) is 10.1 Å². The highest BCUT2D eigenvalue weighted by Crippen LogP contribution is 2.37. The molecule has 3 aromatic heterocycles. The second kappa shape index (κ2) is 9.74. The molecule has 0 unspecified atom stereocenters. The van der Waals surface area contributed by atoms with Crippen molar-refractivity contribution in [1.82, 2.24) is 29.4 Å². The van der Waals surface area contributed by atoms with Crippen molar-refractivity contribution in [2.24, 2.45) is 0 Å². The quantitative estimate of drug-likeness (QED) is 0.319. The van der Waals surface area contributed by atoms with E-state index in [9.17, 15) is 9.59 Å². The Morgan fingerprint density at radius 2 is 1.85 bits per heavy atom. The molecule has 206 valence electrons. The molecule has 0 saturated carbocycles. The third-order valence-electron chi connectivity index (χ3n) is 7.89. The van der Waals surface area contributed by atoms with E-state index < -0.39 is 6.04 Å². The van der Waals surface area contributed by atoms with Gasteiger partial charge >= 0.3 is 0 Å². The number of benzene rings is 2. The number of likely N-dealkylation sites (N-methyl/N-ethyl adjacent to an activating group) is 1. The predicted octanol–water partition coefficient (Wildman–Crippen LogP) is 3.91. The van der Waals surface area contributed by atoms with Crippen LogP contribution >= 0.6 is 11.6 Å². The van der Waals surface area contributed by atoms with Crippen molar-refractivity contribution in [2.45, 2.75) is 25.4 Å². The van der Waals surface area contributed by atoms with Gasteiger partial charge in [-0.2, -0.15) is 10.2 Å². The number of anilines is 1. The molecule has 2 aliphatic rings. The van der Waals surface area contributed by atoms with Gasteiger partial charge in [0.25, 0.3) is 5.91 Å². The molecule has 41 heavy (non-hydrogen) atoms. The molecule has 2 aromatic carbocycles. The number of rotatable bonds is 5. The normalized spacial score (nSPS) is 16.7. The molecule has 5 heterocycles. The Balaban J connectivity index is 1.27. The van der Waals surface area contributed by atoms with Gasteiger partial charge in [0.1, 0.15) is 11.2 Å². The molecular weight excluding hydrogens is 542 g/mol. The van der Waals surface area contributed by atoms with Crippen LogP contribution in [0.2, 0.25) is 5.15 Å². The first-order valence-corrected chi connectivity index (χ1v) is 13.7. The Morgan fingerprint density at radius 1 is 1.02 bits per heavy atom. The first-order chi connectivity index (χ1) is 20.0. The van der Waals surface area contributed by atoms with Crippen LogP contribution in [0.15, 0.2) is 66.9 Å². The number of pyridine rings is 1. The lowest BCUT2D eigenvalue weighted by atomic mass is 10.0. The largest absolute Gasteiger partial charge is 0.493 e. The Kier molecular flexibility index (Phi) is 6.01. The van der Waals surface area contributed by atoms with Gasteiger partial charge in [-0.15, -0.1) is 0 Å². The van der Waals surface area contributed by atoms with Crippen molar-refractivity contribution in [2.75, 3.05) is 25.6 Å². The molecule has 1 atom stereocenters. The molecule has 5 aromatic rings. The van der Waals surface area contributed by atoms with Crippen molar-refractivity contribution in [1.29, 1.82) is 0 Å². The SMILES string of the molecule is COc1cccnc1-n1nc2c3c(cccc31)N(C)C(=O)[C@@H](N1CCc3c(nn(Cc4ccccc4)c3Cl)C1=O)C2. The zero-order valence-corrected chi connectivity index (χ0v) is 23.2. The van der Waals surface area contributed by atoms with Crippen molar-refractivity contribution in [3.8, 4) is 11.6 Å². The highest BCUT2D eigenvalue weighted by molar-refractivity contribution is 6.31. The van der Waals surface area contributed by atoms with E-state index in [0.717, 1.165) is 27.7 Å². The lowest BCUT2D eigenvalue weighted by Crippen LogP contribution is -2.53. The molecule has 0 radical (unpaired) electrons. The lowest BCUT2D eigenvalue weighted by Gasteiger charge is -2.34. The number of amides is 2. The summed E-state index contributed by atoms with van der Waals surface area (Å²) < 4.78 is 8.96. The van der Waals surface area contributed by atoms with Gasteiger partial charge in [-0.1, -0.05) is 48.0 Å². The minimum atomic E-state index is -0.761. The Labute approximate surface area is 240 Å². The summed E-state index contributed by atoms with van der Waals surface area (Å²) in [7, 11) is 3.33. The summed E-state index contributed by atoms with van der Waals surface area (Å²) in [6, 6.07) is 18.4. The maximum atomic E-state index is 13.9. The average molecular weight is 568 g/mol. The number of hydrogen-bond acceptors (Lipinski definition) is 6. The van der Waals surface area contributed by atoms with Gasteiger partial charge in [-0.25, -0.2) is 14.3 Å². The third kappa shape index (κ3) is 3.97. The van der Waals surface area contributed by atoms with Crippen molar-refractivity contribution < 1.29 is 14.3 Å². The van der Waals surface area contributed by atoms with Crippen LogP contribution in [0.3, 0.4) is 0 Å². The number of carbonyl (C=O) groups excluding carboxylic acids is 2. The first-order valence-electron chi connectivity index (χ1n) is 13.3. The van der Waals surface area contributed by atoms with E-state index in [1.54, 1.807) is 45.6 Å². The van der Waals surface area contributed by atoms with Gasteiger partial charge in [0.05, 0.1) is 30.6 Å².